The number of hydrogen-bond donors (Lipinski definition) is 2. The zero-order valence-electron chi connectivity index (χ0n) is 14.5. The minimum atomic E-state index is -4.67. The van der Waals surface area contributed by atoms with Gasteiger partial charge in [0.25, 0.3) is 5.91 Å². The van der Waals surface area contributed by atoms with Crippen molar-refractivity contribution in [3.63, 3.8) is 0 Å². The smallest absolute Gasteiger partial charge is 0.433 e. The van der Waals surface area contributed by atoms with Gasteiger partial charge >= 0.3 is 12.1 Å². The fourth-order valence-corrected chi connectivity index (χ4v) is 3.30. The van der Waals surface area contributed by atoms with Crippen molar-refractivity contribution in [1.82, 2.24) is 20.1 Å². The third-order valence-electron chi connectivity index (χ3n) is 4.68. The number of amides is 1. The van der Waals surface area contributed by atoms with E-state index in [-0.39, 0.29) is 29.4 Å². The van der Waals surface area contributed by atoms with Gasteiger partial charge in [0.15, 0.2) is 5.58 Å². The van der Waals surface area contributed by atoms with Crippen LogP contribution >= 0.6 is 12.4 Å². The Morgan fingerprint density at radius 3 is 2.68 bits per heavy atom. The lowest BCUT2D eigenvalue weighted by molar-refractivity contribution is -0.156. The number of carbonyl (C=O) groups is 1. The van der Waals surface area contributed by atoms with Crippen LogP contribution in [0.25, 0.3) is 11.1 Å². The Kier molecular flexibility index (Phi) is 5.35. The van der Waals surface area contributed by atoms with E-state index in [1.165, 1.54) is 18.2 Å². The lowest BCUT2D eigenvalue weighted by Gasteiger charge is -2.36. The van der Waals surface area contributed by atoms with E-state index in [1.807, 2.05) is 0 Å². The minimum Gasteiger partial charge on any atom is -0.433 e. The zero-order valence-corrected chi connectivity index (χ0v) is 15.3. The summed E-state index contributed by atoms with van der Waals surface area (Å²) in [6.07, 6.45) is -0.226. The van der Waals surface area contributed by atoms with Crippen molar-refractivity contribution >= 4 is 35.1 Å². The highest BCUT2D eigenvalue weighted by Gasteiger charge is 2.42. The number of piperidine rings is 1. The van der Waals surface area contributed by atoms with Gasteiger partial charge in [0.1, 0.15) is 11.1 Å². The molecule has 3 aromatic rings. The average Bonchev–Trinajstić information content (AvgIpc) is 3.31. The highest BCUT2D eigenvalue weighted by Crippen LogP contribution is 2.33. The molecule has 1 aliphatic heterocycles. The number of oxazole rings is 1. The van der Waals surface area contributed by atoms with Crippen molar-refractivity contribution in [2.45, 2.75) is 24.6 Å². The predicted octanol–water partition coefficient (Wildman–Crippen LogP) is 3.18. The summed E-state index contributed by atoms with van der Waals surface area (Å²) in [4.78, 5) is 16.5. The topological polar surface area (TPSA) is 85.0 Å². The summed E-state index contributed by atoms with van der Waals surface area (Å²) in [5.41, 5.74) is -0.480. The maximum atomic E-state index is 13.1. The van der Waals surface area contributed by atoms with E-state index < -0.39 is 17.6 Å². The number of benzene rings is 1. The first-order valence-electron chi connectivity index (χ1n) is 8.39. The number of halogens is 4. The summed E-state index contributed by atoms with van der Waals surface area (Å²) < 4.78 is 44.6. The Hall–Kier alpha value is -2.59. The van der Waals surface area contributed by atoms with Crippen molar-refractivity contribution < 1.29 is 22.4 Å². The summed E-state index contributed by atoms with van der Waals surface area (Å²) in [6, 6.07) is 5.96. The second-order valence-electron chi connectivity index (χ2n) is 6.39. The van der Waals surface area contributed by atoms with E-state index >= 15 is 0 Å². The molecule has 0 unspecified atom stereocenters. The number of fused-ring (bicyclic) bond motifs is 1. The van der Waals surface area contributed by atoms with Crippen LogP contribution in [0.5, 0.6) is 0 Å². The van der Waals surface area contributed by atoms with Gasteiger partial charge in [-0.2, -0.15) is 18.3 Å². The lowest BCUT2D eigenvalue weighted by Crippen LogP contribution is -2.52. The number of alkyl halides is 3. The second-order valence-corrected chi connectivity index (χ2v) is 6.39. The molecule has 1 fully saturated rings. The number of nitrogens with one attached hydrogen (secondary N) is 2. The number of nitrogens with zero attached hydrogens (tertiary/aromatic N) is 3. The molecule has 1 saturated heterocycles. The molecule has 0 spiro atoms. The average molecular weight is 416 g/mol. The van der Waals surface area contributed by atoms with Gasteiger partial charge in [-0.15, -0.1) is 12.4 Å². The Morgan fingerprint density at radius 1 is 1.29 bits per heavy atom. The molecule has 7 nitrogen and oxygen atoms in total. The molecule has 28 heavy (non-hydrogen) atoms. The Morgan fingerprint density at radius 2 is 2.04 bits per heavy atom. The molecule has 4 rings (SSSR count). The van der Waals surface area contributed by atoms with Gasteiger partial charge in [0.2, 0.25) is 0 Å². The van der Waals surface area contributed by atoms with Crippen molar-refractivity contribution in [2.24, 2.45) is 0 Å². The summed E-state index contributed by atoms with van der Waals surface area (Å²) >= 11 is 0. The molecule has 1 aromatic carbocycles. The van der Waals surface area contributed by atoms with E-state index in [0.29, 0.717) is 31.6 Å². The Balaban J connectivity index is 0.00000225. The molecule has 0 atom stereocenters. The third kappa shape index (κ3) is 3.57. The van der Waals surface area contributed by atoms with E-state index in [1.54, 1.807) is 23.1 Å². The molecule has 2 aromatic heterocycles. The molecule has 0 radical (unpaired) electrons. The van der Waals surface area contributed by atoms with Gasteiger partial charge in [0.05, 0.1) is 0 Å². The number of rotatable bonds is 3. The maximum absolute atomic E-state index is 13.1. The molecule has 1 aliphatic rings. The summed E-state index contributed by atoms with van der Waals surface area (Å²) in [5.74, 6) is -1.58. The van der Waals surface area contributed by atoms with Crippen molar-refractivity contribution in [3.8, 4) is 0 Å². The first kappa shape index (κ1) is 20.2. The summed E-state index contributed by atoms with van der Waals surface area (Å²) in [7, 11) is 0. The van der Waals surface area contributed by atoms with Gasteiger partial charge in [0, 0.05) is 18.1 Å². The highest BCUT2D eigenvalue weighted by atomic mass is 35.5. The molecule has 0 aliphatic carbocycles. The van der Waals surface area contributed by atoms with E-state index in [2.05, 4.69) is 20.7 Å². The molecule has 11 heteroatoms. The number of carbonyl (C=O) groups excluding carboxylic acids is 1. The van der Waals surface area contributed by atoms with Crippen LogP contribution in [0.2, 0.25) is 0 Å². The minimum absolute atomic E-state index is 0. The highest BCUT2D eigenvalue weighted by molar-refractivity contribution is 5.98. The molecule has 1 amide bonds. The predicted molar refractivity (Wildman–Crippen MR) is 97.2 cm³/mol. The maximum Gasteiger partial charge on any atom is 0.468 e. The van der Waals surface area contributed by atoms with Gasteiger partial charge in [-0.1, -0.05) is 0 Å². The van der Waals surface area contributed by atoms with Gasteiger partial charge in [-0.05, 0) is 50.2 Å². The largest absolute Gasteiger partial charge is 0.468 e. The number of hydrogen-bond acceptors (Lipinski definition) is 5. The second kappa shape index (κ2) is 7.44. The van der Waals surface area contributed by atoms with Crippen LogP contribution in [-0.2, 0) is 16.5 Å². The van der Waals surface area contributed by atoms with Gasteiger partial charge < -0.3 is 15.1 Å². The van der Waals surface area contributed by atoms with Gasteiger partial charge in [-0.25, -0.2) is 4.98 Å². The monoisotopic (exact) mass is 415 g/mol. The van der Waals surface area contributed by atoms with Crippen LogP contribution in [-0.4, -0.2) is 33.8 Å². The molecule has 0 bridgehead atoms. The van der Waals surface area contributed by atoms with Crippen molar-refractivity contribution in [3.05, 3.63) is 42.5 Å². The first-order chi connectivity index (χ1) is 12.9. The van der Waals surface area contributed by atoms with Crippen LogP contribution in [0.4, 0.5) is 18.9 Å². The molecular weight excluding hydrogens is 399 g/mol. The molecule has 0 saturated carbocycles. The molecule has 3 heterocycles. The van der Waals surface area contributed by atoms with Crippen LogP contribution in [0.3, 0.4) is 0 Å². The fraction of sp³-hybridized carbons (Fsp3) is 0.353. The standard InChI is InChI=1S/C17H16F3N5O2.ClH/c18-17(19,20)15-24-12-10-11(2-3-13(12)27-15)23-14(26)16(4-7-21-8-5-16)25-9-1-6-22-25;/h1-3,6,9-10,21H,4-5,7-8H2,(H,23,26);1H. The van der Waals surface area contributed by atoms with Crippen LogP contribution < -0.4 is 10.6 Å². The van der Waals surface area contributed by atoms with Crippen molar-refractivity contribution in [1.29, 1.82) is 0 Å². The van der Waals surface area contributed by atoms with E-state index in [9.17, 15) is 18.0 Å². The van der Waals surface area contributed by atoms with Gasteiger partial charge in [-0.3, -0.25) is 9.48 Å². The van der Waals surface area contributed by atoms with Crippen LogP contribution in [0.15, 0.2) is 41.1 Å². The summed E-state index contributed by atoms with van der Waals surface area (Å²) in [5, 5.41) is 10.2. The van der Waals surface area contributed by atoms with Crippen LogP contribution in [0, 0.1) is 0 Å². The molecule has 150 valence electrons. The Bertz CT molecular complexity index is 965. The van der Waals surface area contributed by atoms with E-state index in [0.717, 1.165) is 0 Å². The number of aromatic nitrogens is 3. The lowest BCUT2D eigenvalue weighted by atomic mass is 9.87. The SMILES string of the molecule is Cl.O=C(Nc1ccc2oc(C(F)(F)F)nc2c1)C1(n2cccn2)CCNCC1. The van der Waals surface area contributed by atoms with E-state index in [4.69, 9.17) is 4.42 Å². The van der Waals surface area contributed by atoms with Crippen molar-refractivity contribution in [2.75, 3.05) is 18.4 Å². The first-order valence-corrected chi connectivity index (χ1v) is 8.39. The Labute approximate surface area is 163 Å². The summed E-state index contributed by atoms with van der Waals surface area (Å²) in [6.45, 7) is 1.31. The molecule has 2 N–H and O–H groups in total. The zero-order chi connectivity index (χ0) is 19.1. The normalized spacial score (nSPS) is 16.5. The quantitative estimate of drug-likeness (QED) is 0.686. The van der Waals surface area contributed by atoms with Crippen LogP contribution in [0.1, 0.15) is 18.7 Å². The third-order valence-corrected chi connectivity index (χ3v) is 4.68. The fourth-order valence-electron chi connectivity index (χ4n) is 3.30. The number of anilines is 1. The molecular formula is C17H17ClF3N5O2.